The lowest BCUT2D eigenvalue weighted by Crippen LogP contribution is -2.44. The summed E-state index contributed by atoms with van der Waals surface area (Å²) in [5, 5.41) is 12.8. The zero-order valence-corrected chi connectivity index (χ0v) is 11.7. The Hall–Kier alpha value is -1.26. The van der Waals surface area contributed by atoms with Crippen LogP contribution in [0.3, 0.4) is 0 Å². The summed E-state index contributed by atoms with van der Waals surface area (Å²) in [6.45, 7) is 2.66. The van der Waals surface area contributed by atoms with E-state index in [0.29, 0.717) is 11.6 Å². The number of nitrogens with zero attached hydrogens (tertiary/aromatic N) is 1. The highest BCUT2D eigenvalue weighted by Crippen LogP contribution is 2.20. The van der Waals surface area contributed by atoms with Crippen molar-refractivity contribution in [1.29, 1.82) is 0 Å². The van der Waals surface area contributed by atoms with Gasteiger partial charge in [0, 0.05) is 11.6 Å². The number of rotatable bonds is 3. The van der Waals surface area contributed by atoms with Crippen LogP contribution in [-0.2, 0) is 0 Å². The van der Waals surface area contributed by atoms with Gasteiger partial charge >= 0.3 is 6.03 Å². The van der Waals surface area contributed by atoms with Crippen molar-refractivity contribution < 1.29 is 9.90 Å². The molecule has 1 aromatic carbocycles. The molecule has 4 nitrogen and oxygen atoms in total. The minimum atomic E-state index is -0.121. The first-order valence-corrected chi connectivity index (χ1v) is 6.93. The van der Waals surface area contributed by atoms with Crippen LogP contribution in [-0.4, -0.2) is 35.2 Å². The van der Waals surface area contributed by atoms with E-state index in [1.54, 1.807) is 4.90 Å². The Morgan fingerprint density at radius 2 is 2.42 bits per heavy atom. The Kier molecular flexibility index (Phi) is 4.66. The molecule has 0 aromatic heterocycles. The molecule has 0 unspecified atom stereocenters. The SMILES string of the molecule is C[C@@H](NC(=O)N1CCC[C@H]1CO)c1cccc(Cl)c1. The van der Waals surface area contributed by atoms with Crippen molar-refractivity contribution in [2.45, 2.75) is 31.8 Å². The first kappa shape index (κ1) is 14.2. The Morgan fingerprint density at radius 1 is 1.63 bits per heavy atom. The maximum Gasteiger partial charge on any atom is 0.318 e. The quantitative estimate of drug-likeness (QED) is 0.895. The second kappa shape index (κ2) is 6.26. The number of aliphatic hydroxyl groups is 1. The summed E-state index contributed by atoms with van der Waals surface area (Å²) in [5.41, 5.74) is 0.973. The van der Waals surface area contributed by atoms with Gasteiger partial charge in [0.1, 0.15) is 0 Å². The van der Waals surface area contributed by atoms with Crippen molar-refractivity contribution in [1.82, 2.24) is 10.2 Å². The van der Waals surface area contributed by atoms with Crippen molar-refractivity contribution in [2.24, 2.45) is 0 Å². The molecule has 5 heteroatoms. The van der Waals surface area contributed by atoms with Crippen molar-refractivity contribution in [3.8, 4) is 0 Å². The third-order valence-electron chi connectivity index (χ3n) is 3.54. The lowest BCUT2D eigenvalue weighted by atomic mass is 10.1. The summed E-state index contributed by atoms with van der Waals surface area (Å²) in [7, 11) is 0. The van der Waals surface area contributed by atoms with Crippen LogP contribution in [0.25, 0.3) is 0 Å². The number of likely N-dealkylation sites (tertiary alicyclic amines) is 1. The van der Waals surface area contributed by atoms with Crippen molar-refractivity contribution >= 4 is 17.6 Å². The van der Waals surface area contributed by atoms with Crippen LogP contribution in [0, 0.1) is 0 Å². The summed E-state index contributed by atoms with van der Waals surface area (Å²) in [6, 6.07) is 7.18. The van der Waals surface area contributed by atoms with Gasteiger partial charge in [-0.2, -0.15) is 0 Å². The van der Waals surface area contributed by atoms with Gasteiger partial charge in [0.05, 0.1) is 18.7 Å². The van der Waals surface area contributed by atoms with Gasteiger partial charge in [0.25, 0.3) is 0 Å². The van der Waals surface area contributed by atoms with Gasteiger partial charge in [0.15, 0.2) is 0 Å². The van der Waals surface area contributed by atoms with E-state index >= 15 is 0 Å². The minimum absolute atomic E-state index is 0.0268. The summed E-state index contributed by atoms with van der Waals surface area (Å²) in [6.07, 6.45) is 1.82. The van der Waals surface area contributed by atoms with E-state index in [2.05, 4.69) is 5.32 Å². The van der Waals surface area contributed by atoms with E-state index in [0.717, 1.165) is 18.4 Å². The van der Waals surface area contributed by atoms with Crippen molar-refractivity contribution in [3.05, 3.63) is 34.9 Å². The molecule has 1 fully saturated rings. The molecule has 0 bridgehead atoms. The van der Waals surface area contributed by atoms with Crippen LogP contribution in [0.1, 0.15) is 31.4 Å². The molecule has 2 rings (SSSR count). The molecule has 0 spiro atoms. The lowest BCUT2D eigenvalue weighted by molar-refractivity contribution is 0.155. The number of halogens is 1. The summed E-state index contributed by atoms with van der Waals surface area (Å²) in [4.78, 5) is 13.9. The molecule has 1 saturated heterocycles. The number of carbonyl (C=O) groups is 1. The van der Waals surface area contributed by atoms with Crippen molar-refractivity contribution in [3.63, 3.8) is 0 Å². The molecule has 2 N–H and O–H groups in total. The summed E-state index contributed by atoms with van der Waals surface area (Å²) < 4.78 is 0. The van der Waals surface area contributed by atoms with Gasteiger partial charge in [-0.1, -0.05) is 23.7 Å². The average molecular weight is 283 g/mol. The van der Waals surface area contributed by atoms with Crippen molar-refractivity contribution in [2.75, 3.05) is 13.2 Å². The monoisotopic (exact) mass is 282 g/mol. The average Bonchev–Trinajstić information content (AvgIpc) is 2.87. The molecule has 2 atom stereocenters. The van der Waals surface area contributed by atoms with E-state index in [1.807, 2.05) is 31.2 Å². The lowest BCUT2D eigenvalue weighted by Gasteiger charge is -2.25. The normalized spacial score (nSPS) is 20.4. The molecule has 1 aliphatic heterocycles. The van der Waals surface area contributed by atoms with Gasteiger partial charge in [-0.3, -0.25) is 0 Å². The number of carbonyl (C=O) groups excluding carboxylic acids is 1. The first-order valence-electron chi connectivity index (χ1n) is 6.55. The molecular formula is C14H19ClN2O2. The third-order valence-corrected chi connectivity index (χ3v) is 3.77. The second-order valence-electron chi connectivity index (χ2n) is 4.90. The van der Waals surface area contributed by atoms with E-state index in [-0.39, 0.29) is 24.7 Å². The molecular weight excluding hydrogens is 264 g/mol. The van der Waals surface area contributed by atoms with Crippen LogP contribution in [0.5, 0.6) is 0 Å². The fourth-order valence-corrected chi connectivity index (χ4v) is 2.62. The number of nitrogens with one attached hydrogen (secondary N) is 1. The number of aliphatic hydroxyl groups excluding tert-OH is 1. The molecule has 0 saturated carbocycles. The van der Waals surface area contributed by atoms with Gasteiger partial charge in [-0.15, -0.1) is 0 Å². The maximum absolute atomic E-state index is 12.2. The van der Waals surface area contributed by atoms with Crippen LogP contribution >= 0.6 is 11.6 Å². The van der Waals surface area contributed by atoms with Crippen LogP contribution < -0.4 is 5.32 Å². The topological polar surface area (TPSA) is 52.6 Å². The van der Waals surface area contributed by atoms with Gasteiger partial charge in [-0.25, -0.2) is 4.79 Å². The zero-order valence-electron chi connectivity index (χ0n) is 11.0. The standard InChI is InChI=1S/C14H19ClN2O2/c1-10(11-4-2-5-12(15)8-11)16-14(19)17-7-3-6-13(17)9-18/h2,4-5,8,10,13,18H,3,6-7,9H2,1H3,(H,16,19)/t10-,13+/m1/s1. The smallest absolute Gasteiger partial charge is 0.318 e. The number of hydrogen-bond acceptors (Lipinski definition) is 2. The third kappa shape index (κ3) is 3.39. The highest BCUT2D eigenvalue weighted by Gasteiger charge is 2.28. The molecule has 19 heavy (non-hydrogen) atoms. The fraction of sp³-hybridized carbons (Fsp3) is 0.500. The Balaban J connectivity index is 1.98. The van der Waals surface area contributed by atoms with Crippen LogP contribution in [0.15, 0.2) is 24.3 Å². The Labute approximate surface area is 118 Å². The predicted molar refractivity (Wildman–Crippen MR) is 75.2 cm³/mol. The van der Waals surface area contributed by atoms with Crippen LogP contribution in [0.2, 0.25) is 5.02 Å². The largest absolute Gasteiger partial charge is 0.394 e. The number of benzene rings is 1. The van der Waals surface area contributed by atoms with E-state index in [1.165, 1.54) is 0 Å². The molecule has 104 valence electrons. The molecule has 0 radical (unpaired) electrons. The highest BCUT2D eigenvalue weighted by molar-refractivity contribution is 6.30. The number of urea groups is 1. The highest BCUT2D eigenvalue weighted by atomic mass is 35.5. The molecule has 1 aliphatic rings. The number of hydrogen-bond donors (Lipinski definition) is 2. The minimum Gasteiger partial charge on any atom is -0.394 e. The van der Waals surface area contributed by atoms with E-state index in [9.17, 15) is 9.90 Å². The zero-order chi connectivity index (χ0) is 13.8. The fourth-order valence-electron chi connectivity index (χ4n) is 2.42. The summed E-state index contributed by atoms with van der Waals surface area (Å²) >= 11 is 5.94. The van der Waals surface area contributed by atoms with E-state index < -0.39 is 0 Å². The molecule has 0 aliphatic carbocycles. The molecule has 2 amide bonds. The Morgan fingerprint density at radius 3 is 3.11 bits per heavy atom. The number of amides is 2. The first-order chi connectivity index (χ1) is 9.11. The van der Waals surface area contributed by atoms with Gasteiger partial charge < -0.3 is 15.3 Å². The predicted octanol–water partition coefficient (Wildman–Crippen LogP) is 2.57. The maximum atomic E-state index is 12.2. The van der Waals surface area contributed by atoms with Gasteiger partial charge in [0.2, 0.25) is 0 Å². The summed E-state index contributed by atoms with van der Waals surface area (Å²) in [5.74, 6) is 0. The van der Waals surface area contributed by atoms with Crippen LogP contribution in [0.4, 0.5) is 4.79 Å². The second-order valence-corrected chi connectivity index (χ2v) is 5.33. The van der Waals surface area contributed by atoms with Gasteiger partial charge in [-0.05, 0) is 37.5 Å². The Bertz CT molecular complexity index is 453. The molecule has 1 aromatic rings. The van der Waals surface area contributed by atoms with E-state index in [4.69, 9.17) is 11.6 Å². The molecule has 1 heterocycles.